The summed E-state index contributed by atoms with van der Waals surface area (Å²) < 4.78 is 0. The van der Waals surface area contributed by atoms with E-state index >= 15 is 0 Å². The molecule has 1 atom stereocenters. The van der Waals surface area contributed by atoms with Gasteiger partial charge >= 0.3 is 0 Å². The van der Waals surface area contributed by atoms with Crippen molar-refractivity contribution in [2.75, 3.05) is 6.54 Å². The van der Waals surface area contributed by atoms with Crippen molar-refractivity contribution in [1.29, 1.82) is 0 Å². The number of aromatic nitrogens is 1. The molecule has 0 N–H and O–H groups in total. The van der Waals surface area contributed by atoms with E-state index < -0.39 is 0 Å². The molecule has 2 aromatic heterocycles. The monoisotopic (exact) mass is 278 g/mol. The molecule has 0 spiro atoms. The van der Waals surface area contributed by atoms with Gasteiger partial charge in [-0.2, -0.15) is 0 Å². The summed E-state index contributed by atoms with van der Waals surface area (Å²) in [5.41, 5.74) is 3.63. The van der Waals surface area contributed by atoms with Crippen LogP contribution in [0, 0.1) is 0 Å². The number of hydrogen-bond donors (Lipinski definition) is 0. The molecule has 1 aliphatic heterocycles. The van der Waals surface area contributed by atoms with Crippen LogP contribution in [0.15, 0.2) is 22.3 Å². The molecule has 1 unspecified atom stereocenters. The average molecular weight is 278 g/mol. The number of carbonyl (C=O) groups is 1. The molecular formula is C13H14N2OS2. The zero-order valence-corrected chi connectivity index (χ0v) is 11.8. The molecule has 0 aliphatic carbocycles. The molecule has 0 fully saturated rings. The van der Waals surface area contributed by atoms with E-state index in [2.05, 4.69) is 23.4 Å². The number of rotatable bonds is 2. The number of carbonyl (C=O) groups excluding carboxylic acids is 1. The van der Waals surface area contributed by atoms with E-state index in [1.165, 1.54) is 21.8 Å². The second kappa shape index (κ2) is 4.82. The SMILES string of the molecule is CCC1c2ccsc2CCN1C(=O)c1cscn1. The van der Waals surface area contributed by atoms with Crippen molar-refractivity contribution in [2.24, 2.45) is 0 Å². The minimum atomic E-state index is 0.0694. The Kier molecular flexibility index (Phi) is 3.18. The summed E-state index contributed by atoms with van der Waals surface area (Å²) in [5, 5.41) is 3.96. The number of amides is 1. The average Bonchev–Trinajstić information content (AvgIpc) is 3.06. The van der Waals surface area contributed by atoms with Crippen molar-refractivity contribution in [1.82, 2.24) is 9.88 Å². The molecule has 94 valence electrons. The van der Waals surface area contributed by atoms with Crippen molar-refractivity contribution < 1.29 is 4.79 Å². The van der Waals surface area contributed by atoms with Gasteiger partial charge in [0.15, 0.2) is 0 Å². The maximum absolute atomic E-state index is 12.4. The van der Waals surface area contributed by atoms with E-state index in [0.717, 1.165) is 19.4 Å². The Morgan fingerprint density at radius 2 is 2.50 bits per heavy atom. The number of fused-ring (bicyclic) bond motifs is 1. The van der Waals surface area contributed by atoms with Crippen LogP contribution in [-0.2, 0) is 6.42 Å². The summed E-state index contributed by atoms with van der Waals surface area (Å²) in [6.45, 7) is 2.95. The Morgan fingerprint density at radius 1 is 1.61 bits per heavy atom. The molecule has 1 aliphatic rings. The van der Waals surface area contributed by atoms with Crippen molar-refractivity contribution in [2.45, 2.75) is 25.8 Å². The quantitative estimate of drug-likeness (QED) is 0.844. The highest BCUT2D eigenvalue weighted by Crippen LogP contribution is 2.35. The molecule has 1 amide bonds. The van der Waals surface area contributed by atoms with Gasteiger partial charge in [-0.25, -0.2) is 4.98 Å². The summed E-state index contributed by atoms with van der Waals surface area (Å²) in [4.78, 5) is 20.0. The van der Waals surface area contributed by atoms with Gasteiger partial charge in [-0.05, 0) is 29.9 Å². The highest BCUT2D eigenvalue weighted by molar-refractivity contribution is 7.10. The van der Waals surface area contributed by atoms with Crippen molar-refractivity contribution >= 4 is 28.6 Å². The van der Waals surface area contributed by atoms with Gasteiger partial charge < -0.3 is 4.90 Å². The van der Waals surface area contributed by atoms with Crippen LogP contribution in [0.2, 0.25) is 0 Å². The molecular weight excluding hydrogens is 264 g/mol. The van der Waals surface area contributed by atoms with Gasteiger partial charge in [0.05, 0.1) is 11.6 Å². The zero-order chi connectivity index (χ0) is 12.5. The minimum absolute atomic E-state index is 0.0694. The van der Waals surface area contributed by atoms with Gasteiger partial charge in [0.2, 0.25) is 0 Å². The molecule has 2 aromatic rings. The standard InChI is InChI=1S/C13H14N2OS2/c1-2-11-9-4-6-18-12(9)3-5-15(11)13(16)10-7-17-8-14-10/h4,6-8,11H,2-3,5H2,1H3. The summed E-state index contributed by atoms with van der Waals surface area (Å²) >= 11 is 3.28. The van der Waals surface area contributed by atoms with Crippen LogP contribution in [0.4, 0.5) is 0 Å². The molecule has 0 saturated carbocycles. The number of thiazole rings is 1. The van der Waals surface area contributed by atoms with Crippen LogP contribution in [0.25, 0.3) is 0 Å². The number of nitrogens with zero attached hydrogens (tertiary/aromatic N) is 2. The lowest BCUT2D eigenvalue weighted by Gasteiger charge is -2.35. The zero-order valence-electron chi connectivity index (χ0n) is 10.1. The van der Waals surface area contributed by atoms with E-state index in [4.69, 9.17) is 0 Å². The first-order valence-corrected chi connectivity index (χ1v) is 7.89. The maximum atomic E-state index is 12.4. The summed E-state index contributed by atoms with van der Waals surface area (Å²) in [6, 6.07) is 2.38. The second-order valence-corrected chi connectivity index (χ2v) is 6.06. The van der Waals surface area contributed by atoms with E-state index in [-0.39, 0.29) is 11.9 Å². The summed E-state index contributed by atoms with van der Waals surface area (Å²) in [5.74, 6) is 0.0694. The largest absolute Gasteiger partial charge is 0.330 e. The van der Waals surface area contributed by atoms with Crippen LogP contribution >= 0.6 is 22.7 Å². The van der Waals surface area contributed by atoms with E-state index in [1.807, 2.05) is 10.3 Å². The fraction of sp³-hybridized carbons (Fsp3) is 0.385. The lowest BCUT2D eigenvalue weighted by Crippen LogP contribution is -2.39. The molecule has 0 aromatic carbocycles. The van der Waals surface area contributed by atoms with Crippen LogP contribution in [0.3, 0.4) is 0 Å². The molecule has 18 heavy (non-hydrogen) atoms. The minimum Gasteiger partial charge on any atom is -0.330 e. The lowest BCUT2D eigenvalue weighted by atomic mass is 9.97. The summed E-state index contributed by atoms with van der Waals surface area (Å²) in [6.07, 6.45) is 1.93. The highest BCUT2D eigenvalue weighted by atomic mass is 32.1. The Morgan fingerprint density at radius 3 is 3.22 bits per heavy atom. The van der Waals surface area contributed by atoms with E-state index in [0.29, 0.717) is 5.69 Å². The topological polar surface area (TPSA) is 33.2 Å². The molecule has 3 heterocycles. The molecule has 0 bridgehead atoms. The van der Waals surface area contributed by atoms with Crippen molar-refractivity contribution in [3.8, 4) is 0 Å². The third kappa shape index (κ3) is 1.87. The fourth-order valence-electron chi connectivity index (χ4n) is 2.55. The first-order chi connectivity index (χ1) is 8.81. The third-order valence-corrected chi connectivity index (χ3v) is 4.98. The van der Waals surface area contributed by atoms with Crippen LogP contribution in [0.1, 0.15) is 40.3 Å². The Bertz CT molecular complexity index is 547. The van der Waals surface area contributed by atoms with Crippen LogP contribution < -0.4 is 0 Å². The third-order valence-electron chi connectivity index (χ3n) is 3.39. The van der Waals surface area contributed by atoms with Gasteiger partial charge in [-0.3, -0.25) is 4.79 Å². The van der Waals surface area contributed by atoms with Crippen LogP contribution in [0.5, 0.6) is 0 Å². The first kappa shape index (κ1) is 11.9. The summed E-state index contributed by atoms with van der Waals surface area (Å²) in [7, 11) is 0. The number of thiophene rings is 1. The van der Waals surface area contributed by atoms with Crippen molar-refractivity contribution in [3.05, 3.63) is 38.5 Å². The van der Waals surface area contributed by atoms with Gasteiger partial charge in [-0.15, -0.1) is 22.7 Å². The maximum Gasteiger partial charge on any atom is 0.273 e. The lowest BCUT2D eigenvalue weighted by molar-refractivity contribution is 0.0652. The molecule has 5 heteroatoms. The van der Waals surface area contributed by atoms with Crippen molar-refractivity contribution in [3.63, 3.8) is 0 Å². The second-order valence-electron chi connectivity index (χ2n) is 4.35. The van der Waals surface area contributed by atoms with E-state index in [9.17, 15) is 4.79 Å². The highest BCUT2D eigenvalue weighted by Gasteiger charge is 2.31. The van der Waals surface area contributed by atoms with Crippen LogP contribution in [-0.4, -0.2) is 22.3 Å². The molecule has 3 nitrogen and oxygen atoms in total. The Labute approximate surface area is 114 Å². The normalized spacial score (nSPS) is 18.7. The van der Waals surface area contributed by atoms with Gasteiger partial charge in [-0.1, -0.05) is 6.92 Å². The molecule has 0 saturated heterocycles. The predicted molar refractivity (Wildman–Crippen MR) is 74.2 cm³/mol. The molecule has 3 rings (SSSR count). The van der Waals surface area contributed by atoms with Gasteiger partial charge in [0.1, 0.15) is 5.69 Å². The predicted octanol–water partition coefficient (Wildman–Crippen LogP) is 3.35. The fourth-order valence-corrected chi connectivity index (χ4v) is 4.00. The first-order valence-electron chi connectivity index (χ1n) is 6.06. The van der Waals surface area contributed by atoms with E-state index in [1.54, 1.807) is 16.8 Å². The molecule has 0 radical (unpaired) electrons. The van der Waals surface area contributed by atoms with Gasteiger partial charge in [0, 0.05) is 16.8 Å². The number of hydrogen-bond acceptors (Lipinski definition) is 4. The Hall–Kier alpha value is -1.20. The van der Waals surface area contributed by atoms with Gasteiger partial charge in [0.25, 0.3) is 5.91 Å². The Balaban J connectivity index is 1.92. The smallest absolute Gasteiger partial charge is 0.273 e.